The van der Waals surface area contributed by atoms with Gasteiger partial charge in [-0.15, -0.1) is 10.2 Å². The summed E-state index contributed by atoms with van der Waals surface area (Å²) in [5.74, 6) is 0.530. The Bertz CT molecular complexity index is 964. The number of nitrogens with one attached hydrogen (secondary N) is 1. The number of aryl methyl sites for hydroxylation is 2. The Labute approximate surface area is 162 Å². The van der Waals surface area contributed by atoms with Crippen LogP contribution in [-0.2, 0) is 11.8 Å². The third-order valence-electron chi connectivity index (χ3n) is 3.80. The predicted octanol–water partition coefficient (Wildman–Crippen LogP) is 3.94. The first-order valence-electron chi connectivity index (χ1n) is 8.31. The van der Waals surface area contributed by atoms with Crippen LogP contribution in [0, 0.1) is 6.92 Å². The van der Waals surface area contributed by atoms with E-state index in [1.165, 1.54) is 17.8 Å². The standard InChI is InChI=1S/C20H20N4O2S/c1-14-4-10-18(26-3)15(12-14)5-11-19(25)22-16-6-8-17(9-7-16)27-20-23-21-13-24(20)2/h4-13H,1-3H3,(H,22,25)/b11-5+. The van der Waals surface area contributed by atoms with Crippen LogP contribution >= 0.6 is 11.8 Å². The number of anilines is 1. The van der Waals surface area contributed by atoms with E-state index in [0.29, 0.717) is 0 Å². The molecule has 0 atom stereocenters. The van der Waals surface area contributed by atoms with Crippen LogP contribution in [0.3, 0.4) is 0 Å². The normalized spacial score (nSPS) is 10.9. The van der Waals surface area contributed by atoms with Crippen molar-refractivity contribution in [3.05, 3.63) is 66.0 Å². The van der Waals surface area contributed by atoms with Crippen LogP contribution in [0.5, 0.6) is 5.75 Å². The fourth-order valence-electron chi connectivity index (χ4n) is 2.41. The molecule has 0 bridgehead atoms. The minimum atomic E-state index is -0.202. The molecule has 0 unspecified atom stereocenters. The zero-order chi connectivity index (χ0) is 19.2. The van der Waals surface area contributed by atoms with Crippen LogP contribution in [0.15, 0.2) is 64.9 Å². The summed E-state index contributed by atoms with van der Waals surface area (Å²) in [6.07, 6.45) is 4.91. The van der Waals surface area contributed by atoms with Crippen LogP contribution in [-0.4, -0.2) is 27.8 Å². The van der Waals surface area contributed by atoms with E-state index < -0.39 is 0 Å². The summed E-state index contributed by atoms with van der Waals surface area (Å²) in [6.45, 7) is 2.00. The Kier molecular flexibility index (Phi) is 5.93. The first-order valence-corrected chi connectivity index (χ1v) is 9.12. The summed E-state index contributed by atoms with van der Waals surface area (Å²) in [4.78, 5) is 13.2. The molecule has 6 nitrogen and oxygen atoms in total. The number of carbonyl (C=O) groups excluding carboxylic acids is 1. The van der Waals surface area contributed by atoms with E-state index in [9.17, 15) is 4.79 Å². The van der Waals surface area contributed by atoms with E-state index in [2.05, 4.69) is 15.5 Å². The molecule has 1 heterocycles. The van der Waals surface area contributed by atoms with Gasteiger partial charge in [-0.2, -0.15) is 0 Å². The fourth-order valence-corrected chi connectivity index (χ4v) is 3.17. The zero-order valence-corrected chi connectivity index (χ0v) is 16.2. The number of benzene rings is 2. The number of carbonyl (C=O) groups is 1. The number of methoxy groups -OCH3 is 1. The molecule has 0 saturated carbocycles. The summed E-state index contributed by atoms with van der Waals surface area (Å²) >= 11 is 1.51. The molecule has 27 heavy (non-hydrogen) atoms. The van der Waals surface area contributed by atoms with E-state index in [-0.39, 0.29) is 5.91 Å². The first kappa shape index (κ1) is 18.7. The van der Waals surface area contributed by atoms with Gasteiger partial charge in [-0.3, -0.25) is 4.79 Å². The monoisotopic (exact) mass is 380 g/mol. The predicted molar refractivity (Wildman–Crippen MR) is 107 cm³/mol. The largest absolute Gasteiger partial charge is 0.496 e. The molecule has 0 radical (unpaired) electrons. The number of nitrogens with zero attached hydrogens (tertiary/aromatic N) is 3. The van der Waals surface area contributed by atoms with Gasteiger partial charge < -0.3 is 14.6 Å². The molecule has 0 spiro atoms. The number of amides is 1. The number of hydrogen-bond donors (Lipinski definition) is 1. The highest BCUT2D eigenvalue weighted by Gasteiger charge is 2.05. The van der Waals surface area contributed by atoms with Crippen molar-refractivity contribution in [1.29, 1.82) is 0 Å². The lowest BCUT2D eigenvalue weighted by Gasteiger charge is -2.06. The summed E-state index contributed by atoms with van der Waals surface area (Å²) < 4.78 is 7.17. The second-order valence-electron chi connectivity index (χ2n) is 5.92. The maximum Gasteiger partial charge on any atom is 0.248 e. The van der Waals surface area contributed by atoms with E-state index in [1.54, 1.807) is 19.5 Å². The van der Waals surface area contributed by atoms with Crippen molar-refractivity contribution in [3.8, 4) is 5.75 Å². The molecular formula is C20H20N4O2S. The van der Waals surface area contributed by atoms with Gasteiger partial charge in [0.25, 0.3) is 0 Å². The molecule has 0 aliphatic rings. The van der Waals surface area contributed by atoms with Gasteiger partial charge in [0.15, 0.2) is 5.16 Å². The van der Waals surface area contributed by atoms with Crippen molar-refractivity contribution in [2.24, 2.45) is 7.05 Å². The number of ether oxygens (including phenoxy) is 1. The van der Waals surface area contributed by atoms with Crippen molar-refractivity contribution in [2.45, 2.75) is 17.0 Å². The summed E-state index contributed by atoms with van der Waals surface area (Å²) in [5.41, 5.74) is 2.69. The highest BCUT2D eigenvalue weighted by Crippen LogP contribution is 2.26. The smallest absolute Gasteiger partial charge is 0.248 e. The summed E-state index contributed by atoms with van der Waals surface area (Å²) in [7, 11) is 3.51. The van der Waals surface area contributed by atoms with Gasteiger partial charge in [0.2, 0.25) is 5.91 Å². The lowest BCUT2D eigenvalue weighted by atomic mass is 10.1. The number of hydrogen-bond acceptors (Lipinski definition) is 5. The van der Waals surface area contributed by atoms with Gasteiger partial charge >= 0.3 is 0 Å². The van der Waals surface area contributed by atoms with Crippen molar-refractivity contribution >= 4 is 29.4 Å². The van der Waals surface area contributed by atoms with Crippen molar-refractivity contribution in [3.63, 3.8) is 0 Å². The molecule has 1 aromatic heterocycles. The maximum absolute atomic E-state index is 12.2. The lowest BCUT2D eigenvalue weighted by molar-refractivity contribution is -0.111. The minimum absolute atomic E-state index is 0.202. The summed E-state index contributed by atoms with van der Waals surface area (Å²) in [6, 6.07) is 13.4. The molecule has 1 amide bonds. The Morgan fingerprint density at radius 3 is 2.67 bits per heavy atom. The first-order chi connectivity index (χ1) is 13.0. The minimum Gasteiger partial charge on any atom is -0.496 e. The molecule has 2 aromatic carbocycles. The van der Waals surface area contributed by atoms with Crippen LogP contribution in [0.25, 0.3) is 6.08 Å². The topological polar surface area (TPSA) is 69.0 Å². The zero-order valence-electron chi connectivity index (χ0n) is 15.3. The fraction of sp³-hybridized carbons (Fsp3) is 0.150. The average molecular weight is 380 g/mol. The Morgan fingerprint density at radius 1 is 1.22 bits per heavy atom. The van der Waals surface area contributed by atoms with Crippen LogP contribution in [0.2, 0.25) is 0 Å². The Morgan fingerprint density at radius 2 is 2.00 bits per heavy atom. The van der Waals surface area contributed by atoms with Crippen molar-refractivity contribution in [2.75, 3.05) is 12.4 Å². The Hall–Kier alpha value is -3.06. The van der Waals surface area contributed by atoms with E-state index in [1.807, 2.05) is 61.0 Å². The third-order valence-corrected chi connectivity index (χ3v) is 4.86. The Balaban J connectivity index is 1.62. The molecule has 0 fully saturated rings. The molecule has 0 saturated heterocycles. The SMILES string of the molecule is COc1ccc(C)cc1/C=C/C(=O)Nc1ccc(Sc2nncn2C)cc1. The number of rotatable bonds is 6. The highest BCUT2D eigenvalue weighted by molar-refractivity contribution is 7.99. The molecule has 3 aromatic rings. The quantitative estimate of drug-likeness (QED) is 0.656. The van der Waals surface area contributed by atoms with Gasteiger partial charge in [-0.1, -0.05) is 11.6 Å². The van der Waals surface area contributed by atoms with Crippen LogP contribution in [0.1, 0.15) is 11.1 Å². The third kappa shape index (κ3) is 4.98. The van der Waals surface area contributed by atoms with Gasteiger partial charge in [0, 0.05) is 29.3 Å². The van der Waals surface area contributed by atoms with Gasteiger partial charge in [-0.25, -0.2) is 0 Å². The van der Waals surface area contributed by atoms with Gasteiger partial charge in [0.1, 0.15) is 12.1 Å². The molecule has 3 rings (SSSR count). The van der Waals surface area contributed by atoms with Gasteiger partial charge in [0.05, 0.1) is 7.11 Å². The highest BCUT2D eigenvalue weighted by atomic mass is 32.2. The second kappa shape index (κ2) is 8.55. The molecule has 138 valence electrons. The van der Waals surface area contributed by atoms with Crippen LogP contribution in [0.4, 0.5) is 5.69 Å². The molecule has 1 N–H and O–H groups in total. The van der Waals surface area contributed by atoms with E-state index in [4.69, 9.17) is 4.74 Å². The average Bonchev–Trinajstić information content (AvgIpc) is 3.06. The number of aromatic nitrogens is 3. The van der Waals surface area contributed by atoms with Crippen molar-refractivity contribution in [1.82, 2.24) is 14.8 Å². The van der Waals surface area contributed by atoms with Gasteiger partial charge in [-0.05, 0) is 61.2 Å². The van der Waals surface area contributed by atoms with E-state index in [0.717, 1.165) is 32.6 Å². The molecule has 0 aliphatic heterocycles. The van der Waals surface area contributed by atoms with E-state index >= 15 is 0 Å². The molecule has 0 aliphatic carbocycles. The lowest BCUT2D eigenvalue weighted by Crippen LogP contribution is -2.07. The summed E-state index contributed by atoms with van der Waals surface area (Å²) in [5, 5.41) is 11.6. The maximum atomic E-state index is 12.2. The molecule has 7 heteroatoms. The van der Waals surface area contributed by atoms with Crippen molar-refractivity contribution < 1.29 is 9.53 Å². The second-order valence-corrected chi connectivity index (χ2v) is 6.96. The molecular weight excluding hydrogens is 360 g/mol. The van der Waals surface area contributed by atoms with Crippen LogP contribution < -0.4 is 10.1 Å².